The lowest BCUT2D eigenvalue weighted by Crippen LogP contribution is -2.41. The summed E-state index contributed by atoms with van der Waals surface area (Å²) in [6.45, 7) is 0.919. The van der Waals surface area contributed by atoms with Crippen molar-refractivity contribution >= 4 is 23.2 Å². The Kier molecular flexibility index (Phi) is 6.52. The predicted molar refractivity (Wildman–Crippen MR) is 141 cm³/mol. The summed E-state index contributed by atoms with van der Waals surface area (Å²) in [5.41, 5.74) is 5.53. The number of fused-ring (bicyclic) bond motifs is 1. The monoisotopic (exact) mass is 485 g/mol. The van der Waals surface area contributed by atoms with Crippen LogP contribution in [0.15, 0.2) is 79.0 Å². The number of aromatic nitrogens is 2. The fourth-order valence-corrected chi connectivity index (χ4v) is 4.51. The smallest absolute Gasteiger partial charge is 0.277 e. The predicted octanol–water partition coefficient (Wildman–Crippen LogP) is 4.43. The summed E-state index contributed by atoms with van der Waals surface area (Å²) in [4.78, 5) is 28.1. The highest BCUT2D eigenvalue weighted by Crippen LogP contribution is 2.25. The zero-order valence-corrected chi connectivity index (χ0v) is 20.0. The zero-order chi connectivity index (χ0) is 25.8. The summed E-state index contributed by atoms with van der Waals surface area (Å²) >= 11 is 0. The molecule has 7 heteroatoms. The molecule has 0 bridgehead atoms. The van der Waals surface area contributed by atoms with Crippen LogP contribution in [0.4, 0.5) is 11.4 Å². The fourth-order valence-electron chi connectivity index (χ4n) is 4.51. The molecule has 180 valence electrons. The second-order valence-corrected chi connectivity index (χ2v) is 8.73. The number of terminal acetylenes is 1. The van der Waals surface area contributed by atoms with Gasteiger partial charge in [0.05, 0.1) is 29.9 Å². The number of carbonyl (C=O) groups excluding carboxylic acids is 2. The number of hydrogen-bond acceptors (Lipinski definition) is 4. The van der Waals surface area contributed by atoms with E-state index in [-0.39, 0.29) is 17.2 Å². The number of amides is 2. The Hall–Kier alpha value is -5.14. The molecule has 1 aliphatic rings. The molecule has 0 spiro atoms. The molecule has 0 fully saturated rings. The van der Waals surface area contributed by atoms with Crippen LogP contribution in [0.2, 0.25) is 0 Å². The molecular formula is C30H23N5O2. The Morgan fingerprint density at radius 2 is 1.81 bits per heavy atom. The van der Waals surface area contributed by atoms with Crippen LogP contribution in [0, 0.1) is 23.7 Å². The van der Waals surface area contributed by atoms with Crippen molar-refractivity contribution in [2.75, 3.05) is 16.8 Å². The van der Waals surface area contributed by atoms with Gasteiger partial charge in [0.25, 0.3) is 11.8 Å². The molecule has 0 unspecified atom stereocenters. The number of carbonyl (C=O) groups is 2. The standard InChI is InChI=1S/C30H23N5O2/c1-2-6-23-8-3-4-9-24(23)17-21-11-13-26(14-12-21)34-15-16-35-28(30(34)37)27(20-32-35)29(36)33-25-10-5-7-22(18-25)19-31/h1,3-5,7-14,18,20H,6,15-17H2,(H,33,36). The van der Waals surface area contributed by atoms with Gasteiger partial charge in [0.1, 0.15) is 5.69 Å². The van der Waals surface area contributed by atoms with Crippen LogP contribution in [0.25, 0.3) is 0 Å². The van der Waals surface area contributed by atoms with E-state index in [4.69, 9.17) is 11.7 Å². The maximum absolute atomic E-state index is 13.5. The minimum atomic E-state index is -0.451. The summed E-state index contributed by atoms with van der Waals surface area (Å²) < 4.78 is 1.57. The van der Waals surface area contributed by atoms with Crippen LogP contribution < -0.4 is 10.2 Å². The number of rotatable bonds is 6. The van der Waals surface area contributed by atoms with Crippen LogP contribution in [-0.4, -0.2) is 28.1 Å². The van der Waals surface area contributed by atoms with Crippen molar-refractivity contribution in [1.29, 1.82) is 5.26 Å². The van der Waals surface area contributed by atoms with Crippen LogP contribution in [0.1, 0.15) is 43.1 Å². The zero-order valence-electron chi connectivity index (χ0n) is 20.0. The van der Waals surface area contributed by atoms with Crippen molar-refractivity contribution in [3.63, 3.8) is 0 Å². The summed E-state index contributed by atoms with van der Waals surface area (Å²) in [6, 6.07) is 24.7. The molecule has 37 heavy (non-hydrogen) atoms. The number of benzene rings is 3. The van der Waals surface area contributed by atoms with Gasteiger partial charge in [-0.25, -0.2) is 0 Å². The Morgan fingerprint density at radius 3 is 2.57 bits per heavy atom. The molecule has 7 nitrogen and oxygen atoms in total. The molecule has 0 radical (unpaired) electrons. The van der Waals surface area contributed by atoms with E-state index in [1.54, 1.807) is 33.8 Å². The number of hydrogen-bond donors (Lipinski definition) is 1. The summed E-state index contributed by atoms with van der Waals surface area (Å²) in [5, 5.41) is 16.1. The molecule has 0 saturated carbocycles. The molecule has 0 aliphatic carbocycles. The van der Waals surface area contributed by atoms with Gasteiger partial charge in [0.2, 0.25) is 0 Å². The van der Waals surface area contributed by atoms with E-state index in [1.165, 1.54) is 11.8 Å². The SMILES string of the molecule is C#CCc1ccccc1Cc1ccc(N2CCn3ncc(C(=O)Nc4cccc(C#N)c4)c3C2=O)cc1. The second-order valence-electron chi connectivity index (χ2n) is 8.73. The topological polar surface area (TPSA) is 91.0 Å². The molecule has 0 atom stereocenters. The maximum Gasteiger partial charge on any atom is 0.277 e. The van der Waals surface area contributed by atoms with Crippen molar-refractivity contribution in [2.24, 2.45) is 0 Å². The number of anilines is 2. The van der Waals surface area contributed by atoms with Crippen LogP contribution in [0.3, 0.4) is 0 Å². The third-order valence-electron chi connectivity index (χ3n) is 6.37. The average Bonchev–Trinajstić information content (AvgIpc) is 3.36. The van der Waals surface area contributed by atoms with E-state index in [2.05, 4.69) is 22.4 Å². The lowest BCUT2D eigenvalue weighted by Gasteiger charge is -2.28. The highest BCUT2D eigenvalue weighted by atomic mass is 16.2. The summed E-state index contributed by atoms with van der Waals surface area (Å²) in [6.07, 6.45) is 8.26. The second kappa shape index (κ2) is 10.2. The number of nitriles is 1. The Morgan fingerprint density at radius 1 is 1.03 bits per heavy atom. The van der Waals surface area contributed by atoms with Gasteiger partial charge >= 0.3 is 0 Å². The van der Waals surface area contributed by atoms with E-state index in [0.29, 0.717) is 30.8 Å². The lowest BCUT2D eigenvalue weighted by molar-refractivity contribution is 0.0947. The van der Waals surface area contributed by atoms with Crippen molar-refractivity contribution in [1.82, 2.24) is 9.78 Å². The number of nitrogens with zero attached hydrogens (tertiary/aromatic N) is 4. The van der Waals surface area contributed by atoms with Crippen LogP contribution in [0.5, 0.6) is 0 Å². The fraction of sp³-hybridized carbons (Fsp3) is 0.133. The van der Waals surface area contributed by atoms with Gasteiger partial charge < -0.3 is 10.2 Å². The average molecular weight is 486 g/mol. The number of nitrogens with one attached hydrogen (secondary N) is 1. The van der Waals surface area contributed by atoms with Crippen molar-refractivity contribution in [3.8, 4) is 18.4 Å². The minimum Gasteiger partial charge on any atom is -0.322 e. The van der Waals surface area contributed by atoms with E-state index >= 15 is 0 Å². The van der Waals surface area contributed by atoms with Gasteiger partial charge in [-0.2, -0.15) is 10.4 Å². The third-order valence-corrected chi connectivity index (χ3v) is 6.37. The molecule has 5 rings (SSSR count). The van der Waals surface area contributed by atoms with Gasteiger partial charge in [-0.3, -0.25) is 14.3 Å². The van der Waals surface area contributed by atoms with Crippen LogP contribution >= 0.6 is 0 Å². The Bertz CT molecular complexity index is 1570. The highest BCUT2D eigenvalue weighted by Gasteiger charge is 2.32. The van der Waals surface area contributed by atoms with Crippen molar-refractivity contribution in [2.45, 2.75) is 19.4 Å². The van der Waals surface area contributed by atoms with Crippen LogP contribution in [-0.2, 0) is 19.4 Å². The summed E-state index contributed by atoms with van der Waals surface area (Å²) in [7, 11) is 0. The largest absolute Gasteiger partial charge is 0.322 e. The van der Waals surface area contributed by atoms with E-state index in [1.807, 2.05) is 48.5 Å². The molecule has 1 N–H and O–H groups in total. The normalized spacial score (nSPS) is 12.4. The van der Waals surface area contributed by atoms with E-state index in [9.17, 15) is 9.59 Å². The van der Waals surface area contributed by atoms with Crippen molar-refractivity contribution < 1.29 is 9.59 Å². The molecule has 0 saturated heterocycles. The molecular weight excluding hydrogens is 462 g/mol. The minimum absolute atomic E-state index is 0.193. The van der Waals surface area contributed by atoms with E-state index < -0.39 is 5.91 Å². The Balaban J connectivity index is 1.34. The third kappa shape index (κ3) is 4.84. The molecule has 2 amide bonds. The Labute approximate surface area is 215 Å². The summed E-state index contributed by atoms with van der Waals surface area (Å²) in [5.74, 6) is 1.97. The van der Waals surface area contributed by atoms with Crippen molar-refractivity contribution in [3.05, 3.63) is 113 Å². The molecule has 2 heterocycles. The van der Waals surface area contributed by atoms with Gasteiger partial charge in [0, 0.05) is 24.3 Å². The first-order valence-corrected chi connectivity index (χ1v) is 11.9. The first kappa shape index (κ1) is 23.6. The first-order valence-electron chi connectivity index (χ1n) is 11.9. The maximum atomic E-state index is 13.5. The molecule has 4 aromatic rings. The van der Waals surface area contributed by atoms with Gasteiger partial charge in [-0.1, -0.05) is 42.5 Å². The lowest BCUT2D eigenvalue weighted by atomic mass is 9.98. The molecule has 1 aromatic heterocycles. The van der Waals surface area contributed by atoms with Gasteiger partial charge in [0.15, 0.2) is 0 Å². The van der Waals surface area contributed by atoms with Gasteiger partial charge in [-0.15, -0.1) is 12.3 Å². The highest BCUT2D eigenvalue weighted by molar-refractivity contribution is 6.15. The van der Waals surface area contributed by atoms with Gasteiger partial charge in [-0.05, 0) is 53.4 Å². The first-order chi connectivity index (χ1) is 18.1. The van der Waals surface area contributed by atoms with E-state index in [0.717, 1.165) is 23.2 Å². The quantitative estimate of drug-likeness (QED) is 0.409. The molecule has 3 aromatic carbocycles. The molecule has 1 aliphatic heterocycles.